The molecule has 0 fully saturated rings. The van der Waals surface area contributed by atoms with E-state index in [-0.39, 0.29) is 12.2 Å². The van der Waals surface area contributed by atoms with Crippen molar-refractivity contribution in [3.05, 3.63) is 28.1 Å². The third kappa shape index (κ3) is 1.65. The number of hydrogen-bond donors (Lipinski definition) is 2. The molecule has 0 aliphatic rings. The van der Waals surface area contributed by atoms with Crippen molar-refractivity contribution in [2.45, 2.75) is 20.3 Å². The molecule has 0 bridgehead atoms. The third-order valence-corrected chi connectivity index (χ3v) is 3.83. The van der Waals surface area contributed by atoms with E-state index in [0.29, 0.717) is 0 Å². The maximum absolute atomic E-state index is 10.7. The van der Waals surface area contributed by atoms with Crippen molar-refractivity contribution < 1.29 is 15.0 Å². The number of carboxylic acids is 1. The summed E-state index contributed by atoms with van der Waals surface area (Å²) in [5.74, 6) is -0.557. The molecule has 0 saturated carbocycles. The molecular formula is C12H12O3S. The Morgan fingerprint density at radius 2 is 2.12 bits per heavy atom. The van der Waals surface area contributed by atoms with Crippen LogP contribution in [0.2, 0.25) is 0 Å². The molecule has 0 aliphatic carbocycles. The number of carbonyl (C=O) groups is 1. The lowest BCUT2D eigenvalue weighted by molar-refractivity contribution is -0.136. The molecule has 2 N–H and O–H groups in total. The monoisotopic (exact) mass is 236 g/mol. The van der Waals surface area contributed by atoms with Gasteiger partial charge >= 0.3 is 5.97 Å². The van der Waals surface area contributed by atoms with E-state index < -0.39 is 5.97 Å². The lowest BCUT2D eigenvalue weighted by atomic mass is 10.0. The summed E-state index contributed by atoms with van der Waals surface area (Å²) in [5, 5.41) is 21.3. The number of thiophene rings is 1. The molecule has 1 aromatic carbocycles. The van der Waals surface area contributed by atoms with Gasteiger partial charge in [-0.25, -0.2) is 0 Å². The second-order valence-electron chi connectivity index (χ2n) is 3.87. The first-order valence-corrected chi connectivity index (χ1v) is 5.79. The van der Waals surface area contributed by atoms with Gasteiger partial charge in [0, 0.05) is 10.3 Å². The van der Waals surface area contributed by atoms with Gasteiger partial charge < -0.3 is 10.2 Å². The fourth-order valence-corrected chi connectivity index (χ4v) is 3.05. The standard InChI is InChI=1S/C12H12O3S/c1-6-3-9(13)7(2)12-11(6)8(5-16-12)4-10(14)15/h3,5,13H,4H2,1-2H3,(H,14,15). The number of rotatable bonds is 2. The second kappa shape index (κ2) is 3.79. The van der Waals surface area contributed by atoms with Crippen molar-refractivity contribution in [1.29, 1.82) is 0 Å². The van der Waals surface area contributed by atoms with E-state index in [0.717, 1.165) is 26.8 Å². The molecule has 2 aromatic rings. The predicted octanol–water partition coefficient (Wildman–Crippen LogP) is 2.85. The van der Waals surface area contributed by atoms with Gasteiger partial charge in [0.15, 0.2) is 0 Å². The topological polar surface area (TPSA) is 57.5 Å². The highest BCUT2D eigenvalue weighted by atomic mass is 32.1. The quantitative estimate of drug-likeness (QED) is 0.843. The SMILES string of the molecule is Cc1c(O)cc(C)c2c(CC(=O)O)csc12. The van der Waals surface area contributed by atoms with Crippen LogP contribution in [0.5, 0.6) is 5.75 Å². The molecule has 0 unspecified atom stereocenters. The molecule has 1 aromatic heterocycles. The molecule has 0 aliphatic heterocycles. The highest BCUT2D eigenvalue weighted by molar-refractivity contribution is 7.17. The Morgan fingerprint density at radius 3 is 2.75 bits per heavy atom. The lowest BCUT2D eigenvalue weighted by Gasteiger charge is -2.05. The van der Waals surface area contributed by atoms with Crippen LogP contribution in [0.25, 0.3) is 10.1 Å². The number of aryl methyl sites for hydroxylation is 2. The van der Waals surface area contributed by atoms with E-state index in [1.165, 1.54) is 11.3 Å². The second-order valence-corrected chi connectivity index (χ2v) is 4.75. The molecule has 0 saturated heterocycles. The minimum Gasteiger partial charge on any atom is -0.508 e. The summed E-state index contributed by atoms with van der Waals surface area (Å²) in [6.45, 7) is 3.73. The van der Waals surface area contributed by atoms with Crippen LogP contribution in [0.3, 0.4) is 0 Å². The van der Waals surface area contributed by atoms with Crippen LogP contribution in [-0.2, 0) is 11.2 Å². The number of carboxylic acid groups (broad SMARTS) is 1. The third-order valence-electron chi connectivity index (χ3n) is 2.68. The Bertz CT molecular complexity index is 569. The summed E-state index contributed by atoms with van der Waals surface area (Å²) in [7, 11) is 0. The number of benzene rings is 1. The fraction of sp³-hybridized carbons (Fsp3) is 0.250. The van der Waals surface area contributed by atoms with Crippen LogP contribution in [0.1, 0.15) is 16.7 Å². The van der Waals surface area contributed by atoms with Crippen molar-refractivity contribution in [3.63, 3.8) is 0 Å². The summed E-state index contributed by atoms with van der Waals surface area (Å²) >= 11 is 1.49. The zero-order valence-corrected chi connectivity index (χ0v) is 9.89. The number of fused-ring (bicyclic) bond motifs is 1. The van der Waals surface area contributed by atoms with Crippen molar-refractivity contribution >= 4 is 27.4 Å². The van der Waals surface area contributed by atoms with Gasteiger partial charge in [-0.2, -0.15) is 0 Å². The Hall–Kier alpha value is -1.55. The van der Waals surface area contributed by atoms with Gasteiger partial charge in [0.2, 0.25) is 0 Å². The predicted molar refractivity (Wildman–Crippen MR) is 64.3 cm³/mol. The Kier molecular flexibility index (Phi) is 2.59. The van der Waals surface area contributed by atoms with Crippen LogP contribution in [-0.4, -0.2) is 16.2 Å². The molecule has 1 heterocycles. The van der Waals surface area contributed by atoms with Crippen LogP contribution in [0.15, 0.2) is 11.4 Å². The summed E-state index contributed by atoms with van der Waals surface area (Å²) in [6.07, 6.45) is 0.0328. The Morgan fingerprint density at radius 1 is 1.44 bits per heavy atom. The van der Waals surface area contributed by atoms with Gasteiger partial charge in [0.25, 0.3) is 0 Å². The fourth-order valence-electron chi connectivity index (χ4n) is 1.90. The number of hydrogen-bond acceptors (Lipinski definition) is 3. The van der Waals surface area contributed by atoms with Gasteiger partial charge in [-0.1, -0.05) is 0 Å². The van der Waals surface area contributed by atoms with Crippen LogP contribution in [0, 0.1) is 13.8 Å². The number of phenolic OH excluding ortho intramolecular Hbond substituents is 1. The summed E-state index contributed by atoms with van der Waals surface area (Å²) < 4.78 is 0.980. The molecule has 0 radical (unpaired) electrons. The molecule has 0 atom stereocenters. The number of phenols is 1. The van der Waals surface area contributed by atoms with Gasteiger partial charge in [0.05, 0.1) is 6.42 Å². The molecule has 2 rings (SSSR count). The normalized spacial score (nSPS) is 10.9. The zero-order valence-electron chi connectivity index (χ0n) is 9.07. The van der Waals surface area contributed by atoms with E-state index in [2.05, 4.69) is 0 Å². The first-order valence-electron chi connectivity index (χ1n) is 4.91. The smallest absolute Gasteiger partial charge is 0.307 e. The average molecular weight is 236 g/mol. The molecule has 4 heteroatoms. The van der Waals surface area contributed by atoms with E-state index in [4.69, 9.17) is 5.11 Å². The van der Waals surface area contributed by atoms with Crippen molar-refractivity contribution in [2.24, 2.45) is 0 Å². The van der Waals surface area contributed by atoms with E-state index in [9.17, 15) is 9.90 Å². The Balaban J connectivity index is 2.72. The molecule has 16 heavy (non-hydrogen) atoms. The minimum absolute atomic E-state index is 0.0328. The van der Waals surface area contributed by atoms with Crippen LogP contribution in [0.4, 0.5) is 0 Å². The van der Waals surface area contributed by atoms with Gasteiger partial charge in [-0.15, -0.1) is 11.3 Å². The van der Waals surface area contributed by atoms with Crippen molar-refractivity contribution in [1.82, 2.24) is 0 Å². The van der Waals surface area contributed by atoms with Gasteiger partial charge in [0.1, 0.15) is 5.75 Å². The summed E-state index contributed by atoms with van der Waals surface area (Å²) in [4.78, 5) is 10.7. The molecule has 3 nitrogen and oxygen atoms in total. The largest absolute Gasteiger partial charge is 0.508 e. The summed E-state index contributed by atoms with van der Waals surface area (Å²) in [6, 6.07) is 1.69. The van der Waals surface area contributed by atoms with Crippen molar-refractivity contribution in [3.8, 4) is 5.75 Å². The van der Waals surface area contributed by atoms with Crippen LogP contribution < -0.4 is 0 Å². The average Bonchev–Trinajstić information content (AvgIpc) is 2.58. The van der Waals surface area contributed by atoms with E-state index in [1.807, 2.05) is 19.2 Å². The molecule has 0 spiro atoms. The maximum atomic E-state index is 10.7. The van der Waals surface area contributed by atoms with Crippen LogP contribution >= 0.6 is 11.3 Å². The molecule has 0 amide bonds. The zero-order chi connectivity index (χ0) is 11.9. The summed E-state index contributed by atoms with van der Waals surface area (Å²) in [5.41, 5.74) is 2.57. The van der Waals surface area contributed by atoms with Crippen molar-refractivity contribution in [2.75, 3.05) is 0 Å². The minimum atomic E-state index is -0.829. The highest BCUT2D eigenvalue weighted by Crippen LogP contribution is 2.36. The van der Waals surface area contributed by atoms with Gasteiger partial charge in [-0.05, 0) is 41.8 Å². The maximum Gasteiger partial charge on any atom is 0.307 e. The lowest BCUT2D eigenvalue weighted by Crippen LogP contribution is -1.99. The Labute approximate surface area is 97.0 Å². The van der Waals surface area contributed by atoms with E-state index >= 15 is 0 Å². The number of aromatic hydroxyl groups is 1. The molecule has 84 valence electrons. The van der Waals surface area contributed by atoms with E-state index in [1.54, 1.807) is 6.07 Å². The first-order chi connectivity index (χ1) is 7.50. The van der Waals surface area contributed by atoms with Gasteiger partial charge in [-0.3, -0.25) is 4.79 Å². The number of aliphatic carboxylic acids is 1. The molecular weight excluding hydrogens is 224 g/mol. The highest BCUT2D eigenvalue weighted by Gasteiger charge is 2.13. The first kappa shape index (κ1) is 11.0.